The van der Waals surface area contributed by atoms with Crippen LogP contribution in [0.4, 0.5) is 0 Å². The van der Waals surface area contributed by atoms with Gasteiger partial charge in [-0.3, -0.25) is 9.69 Å². The Labute approximate surface area is 174 Å². The van der Waals surface area contributed by atoms with Crippen molar-refractivity contribution in [3.8, 4) is 5.69 Å². The maximum Gasteiger partial charge on any atom is 0.230 e. The molecule has 2 heterocycles. The number of carbonyl (C=O) groups is 1. The highest BCUT2D eigenvalue weighted by Gasteiger charge is 2.24. The SMILES string of the molecule is Cc1ccc(-n2nnnc2SCC(=O)NC2CCN(Cc3ccccc3)C2)cc1. The molecule has 1 fully saturated rings. The van der Waals surface area contributed by atoms with Gasteiger partial charge in [0.15, 0.2) is 0 Å². The van der Waals surface area contributed by atoms with Crippen molar-refractivity contribution in [1.29, 1.82) is 0 Å². The molecule has 0 bridgehead atoms. The van der Waals surface area contributed by atoms with E-state index in [9.17, 15) is 4.79 Å². The van der Waals surface area contributed by atoms with Crippen LogP contribution in [-0.2, 0) is 11.3 Å². The van der Waals surface area contributed by atoms with E-state index >= 15 is 0 Å². The molecule has 150 valence electrons. The first-order chi connectivity index (χ1) is 14.2. The van der Waals surface area contributed by atoms with Crippen molar-refractivity contribution in [3.63, 3.8) is 0 Å². The van der Waals surface area contributed by atoms with Crippen LogP contribution in [0.25, 0.3) is 5.69 Å². The van der Waals surface area contributed by atoms with Gasteiger partial charge in [-0.15, -0.1) is 5.10 Å². The summed E-state index contributed by atoms with van der Waals surface area (Å²) in [5, 5.41) is 15.6. The Morgan fingerprint density at radius 3 is 2.76 bits per heavy atom. The molecular weight excluding hydrogens is 384 g/mol. The summed E-state index contributed by atoms with van der Waals surface area (Å²) in [5.74, 6) is 0.307. The summed E-state index contributed by atoms with van der Waals surface area (Å²) in [6.45, 7) is 4.84. The van der Waals surface area contributed by atoms with Gasteiger partial charge >= 0.3 is 0 Å². The highest BCUT2D eigenvalue weighted by molar-refractivity contribution is 7.99. The number of nitrogens with one attached hydrogen (secondary N) is 1. The summed E-state index contributed by atoms with van der Waals surface area (Å²) >= 11 is 1.35. The van der Waals surface area contributed by atoms with Gasteiger partial charge in [0.1, 0.15) is 0 Å². The normalized spacial score (nSPS) is 16.8. The Bertz CT molecular complexity index is 943. The number of benzene rings is 2. The van der Waals surface area contributed by atoms with E-state index in [4.69, 9.17) is 0 Å². The third kappa shape index (κ3) is 5.21. The van der Waals surface area contributed by atoms with Crippen LogP contribution in [0.2, 0.25) is 0 Å². The minimum Gasteiger partial charge on any atom is -0.351 e. The smallest absolute Gasteiger partial charge is 0.230 e. The average molecular weight is 409 g/mol. The van der Waals surface area contributed by atoms with E-state index in [0.717, 1.165) is 31.7 Å². The minimum absolute atomic E-state index is 0.0139. The van der Waals surface area contributed by atoms with Crippen molar-refractivity contribution in [2.45, 2.75) is 31.1 Å². The number of thioether (sulfide) groups is 1. The number of hydrogen-bond donors (Lipinski definition) is 1. The fourth-order valence-electron chi connectivity index (χ4n) is 3.45. The Kier molecular flexibility index (Phi) is 6.21. The van der Waals surface area contributed by atoms with Gasteiger partial charge in [-0.05, 0) is 41.5 Å². The number of likely N-dealkylation sites (tertiary alicyclic amines) is 1. The predicted molar refractivity (Wildman–Crippen MR) is 113 cm³/mol. The fourth-order valence-corrected chi connectivity index (χ4v) is 4.15. The summed E-state index contributed by atoms with van der Waals surface area (Å²) in [6.07, 6.45) is 0.977. The molecule has 1 atom stereocenters. The summed E-state index contributed by atoms with van der Waals surface area (Å²) in [5.41, 5.74) is 3.36. The van der Waals surface area contributed by atoms with Gasteiger partial charge in [0.2, 0.25) is 11.1 Å². The zero-order valence-electron chi connectivity index (χ0n) is 16.4. The van der Waals surface area contributed by atoms with Crippen molar-refractivity contribution >= 4 is 17.7 Å². The standard InChI is InChI=1S/C21H24N6OS/c1-16-7-9-19(10-8-16)27-21(23-24-25-27)29-15-20(28)22-18-11-12-26(14-18)13-17-5-3-2-4-6-17/h2-10,18H,11-15H2,1H3,(H,22,28). The largest absolute Gasteiger partial charge is 0.351 e. The Hall–Kier alpha value is -2.71. The van der Waals surface area contributed by atoms with Crippen LogP contribution in [-0.4, -0.2) is 55.9 Å². The van der Waals surface area contributed by atoms with E-state index in [1.807, 2.05) is 37.3 Å². The van der Waals surface area contributed by atoms with Gasteiger partial charge in [-0.2, -0.15) is 4.68 Å². The van der Waals surface area contributed by atoms with Crippen LogP contribution in [0.5, 0.6) is 0 Å². The number of tetrazole rings is 1. The van der Waals surface area contributed by atoms with Gasteiger partial charge in [0, 0.05) is 25.7 Å². The molecule has 0 saturated carbocycles. The third-order valence-electron chi connectivity index (χ3n) is 4.94. The van der Waals surface area contributed by atoms with Crippen LogP contribution in [0.15, 0.2) is 59.8 Å². The van der Waals surface area contributed by atoms with Crippen LogP contribution in [0, 0.1) is 6.92 Å². The average Bonchev–Trinajstić information content (AvgIpc) is 3.37. The van der Waals surface area contributed by atoms with Crippen LogP contribution >= 0.6 is 11.8 Å². The monoisotopic (exact) mass is 408 g/mol. The molecule has 1 saturated heterocycles. The van der Waals surface area contributed by atoms with Gasteiger partial charge in [0.25, 0.3) is 0 Å². The molecule has 0 aliphatic carbocycles. The molecule has 7 nitrogen and oxygen atoms in total. The van der Waals surface area contributed by atoms with Crippen molar-refractivity contribution in [3.05, 3.63) is 65.7 Å². The number of carbonyl (C=O) groups excluding carboxylic acids is 1. The number of amides is 1. The molecule has 0 spiro atoms. The van der Waals surface area contributed by atoms with Crippen LogP contribution < -0.4 is 5.32 Å². The second-order valence-corrected chi connectivity index (χ2v) is 8.21. The van der Waals surface area contributed by atoms with E-state index in [2.05, 4.69) is 50.0 Å². The molecule has 1 aliphatic rings. The van der Waals surface area contributed by atoms with E-state index < -0.39 is 0 Å². The number of aromatic nitrogens is 4. The van der Waals surface area contributed by atoms with E-state index in [0.29, 0.717) is 10.9 Å². The van der Waals surface area contributed by atoms with Gasteiger partial charge in [-0.1, -0.05) is 59.8 Å². The Morgan fingerprint density at radius 2 is 1.97 bits per heavy atom. The first-order valence-electron chi connectivity index (χ1n) is 9.71. The van der Waals surface area contributed by atoms with Crippen molar-refractivity contribution in [1.82, 2.24) is 30.4 Å². The van der Waals surface area contributed by atoms with Gasteiger partial charge in [0.05, 0.1) is 11.4 Å². The lowest BCUT2D eigenvalue weighted by atomic mass is 10.2. The van der Waals surface area contributed by atoms with Crippen LogP contribution in [0.3, 0.4) is 0 Å². The lowest BCUT2D eigenvalue weighted by Crippen LogP contribution is -2.38. The summed E-state index contributed by atoms with van der Waals surface area (Å²) in [7, 11) is 0. The van der Waals surface area contributed by atoms with E-state index in [1.165, 1.54) is 22.9 Å². The minimum atomic E-state index is 0.0139. The lowest BCUT2D eigenvalue weighted by Gasteiger charge is -2.16. The molecule has 4 rings (SSSR count). The fraction of sp³-hybridized carbons (Fsp3) is 0.333. The molecule has 1 amide bonds. The Morgan fingerprint density at radius 1 is 1.17 bits per heavy atom. The number of nitrogens with zero attached hydrogens (tertiary/aromatic N) is 5. The Balaban J connectivity index is 1.26. The lowest BCUT2D eigenvalue weighted by molar-refractivity contribution is -0.119. The first kappa shape index (κ1) is 19.6. The molecule has 8 heteroatoms. The number of aryl methyl sites for hydroxylation is 1. The second kappa shape index (κ2) is 9.19. The number of rotatable bonds is 7. The first-order valence-corrected chi connectivity index (χ1v) is 10.7. The van der Waals surface area contributed by atoms with E-state index in [-0.39, 0.29) is 11.9 Å². The summed E-state index contributed by atoms with van der Waals surface area (Å²) in [4.78, 5) is 14.8. The molecule has 2 aromatic carbocycles. The highest BCUT2D eigenvalue weighted by Crippen LogP contribution is 2.19. The zero-order valence-corrected chi connectivity index (χ0v) is 17.2. The maximum atomic E-state index is 12.4. The molecule has 1 aliphatic heterocycles. The topological polar surface area (TPSA) is 75.9 Å². The molecule has 1 N–H and O–H groups in total. The third-order valence-corrected chi connectivity index (χ3v) is 5.86. The molecule has 3 aromatic rings. The van der Waals surface area contributed by atoms with Crippen molar-refractivity contribution < 1.29 is 4.79 Å². The second-order valence-electron chi connectivity index (χ2n) is 7.27. The zero-order chi connectivity index (χ0) is 20.1. The molecule has 0 radical (unpaired) electrons. The van der Waals surface area contributed by atoms with E-state index in [1.54, 1.807) is 4.68 Å². The maximum absolute atomic E-state index is 12.4. The molecular formula is C21H24N6OS. The predicted octanol–water partition coefficient (Wildman–Crippen LogP) is 2.45. The summed E-state index contributed by atoms with van der Waals surface area (Å²) in [6, 6.07) is 18.6. The van der Waals surface area contributed by atoms with Crippen molar-refractivity contribution in [2.24, 2.45) is 0 Å². The van der Waals surface area contributed by atoms with Gasteiger partial charge in [-0.25, -0.2) is 0 Å². The van der Waals surface area contributed by atoms with Gasteiger partial charge < -0.3 is 5.32 Å². The van der Waals surface area contributed by atoms with Crippen molar-refractivity contribution in [2.75, 3.05) is 18.8 Å². The molecule has 29 heavy (non-hydrogen) atoms. The quantitative estimate of drug-likeness (QED) is 0.605. The highest BCUT2D eigenvalue weighted by atomic mass is 32.2. The number of hydrogen-bond acceptors (Lipinski definition) is 6. The molecule has 1 unspecified atom stereocenters. The summed E-state index contributed by atoms with van der Waals surface area (Å²) < 4.78 is 1.66. The molecule has 1 aromatic heterocycles. The van der Waals surface area contributed by atoms with Crippen LogP contribution in [0.1, 0.15) is 17.5 Å².